The Labute approximate surface area is 129 Å². The molecule has 2 heterocycles. The number of ketones is 1. The number of anilines is 2. The standard InChI is InChI=1S/C15H20N4OS/c1-11-14(8-13(20)10-18(2)3)21-15(17-11)19(4)12-6-5-7-16-9-12/h5-7,9H,8,10H2,1-4H3. The van der Waals surface area contributed by atoms with Crippen LogP contribution in [0.15, 0.2) is 24.5 Å². The lowest BCUT2D eigenvalue weighted by atomic mass is 10.2. The molecule has 0 spiro atoms. The number of aryl methyl sites for hydroxylation is 1. The van der Waals surface area contributed by atoms with Gasteiger partial charge in [0.25, 0.3) is 0 Å². The van der Waals surface area contributed by atoms with E-state index < -0.39 is 0 Å². The molecule has 0 saturated carbocycles. The first-order valence-corrected chi connectivity index (χ1v) is 7.55. The fourth-order valence-electron chi connectivity index (χ4n) is 1.97. The molecular formula is C15H20N4OS. The normalized spacial score (nSPS) is 10.9. The van der Waals surface area contributed by atoms with E-state index in [1.807, 2.05) is 50.0 Å². The maximum absolute atomic E-state index is 11.9. The summed E-state index contributed by atoms with van der Waals surface area (Å²) in [4.78, 5) is 25.5. The summed E-state index contributed by atoms with van der Waals surface area (Å²) in [5.74, 6) is 0.210. The highest BCUT2D eigenvalue weighted by Gasteiger charge is 2.15. The highest BCUT2D eigenvalue weighted by molar-refractivity contribution is 7.15. The molecular weight excluding hydrogens is 284 g/mol. The second-order valence-corrected chi connectivity index (χ2v) is 6.29. The van der Waals surface area contributed by atoms with Gasteiger partial charge < -0.3 is 9.80 Å². The second-order valence-electron chi connectivity index (χ2n) is 5.23. The predicted molar refractivity (Wildman–Crippen MR) is 86.4 cm³/mol. The van der Waals surface area contributed by atoms with Crippen LogP contribution in [-0.2, 0) is 11.2 Å². The van der Waals surface area contributed by atoms with Crippen molar-refractivity contribution in [1.29, 1.82) is 0 Å². The lowest BCUT2D eigenvalue weighted by molar-refractivity contribution is -0.118. The van der Waals surface area contributed by atoms with Crippen LogP contribution in [0, 0.1) is 6.92 Å². The zero-order chi connectivity index (χ0) is 15.4. The fraction of sp³-hybridized carbons (Fsp3) is 0.400. The van der Waals surface area contributed by atoms with E-state index in [2.05, 4.69) is 9.97 Å². The lowest BCUT2D eigenvalue weighted by Gasteiger charge is -2.14. The first kappa shape index (κ1) is 15.6. The molecule has 0 saturated heterocycles. The number of likely N-dealkylation sites (N-methyl/N-ethyl adjacent to an activating group) is 1. The first-order valence-electron chi connectivity index (χ1n) is 6.74. The van der Waals surface area contributed by atoms with E-state index in [0.717, 1.165) is 21.4 Å². The zero-order valence-corrected chi connectivity index (χ0v) is 13.6. The quantitative estimate of drug-likeness (QED) is 0.819. The van der Waals surface area contributed by atoms with E-state index in [4.69, 9.17) is 0 Å². The highest BCUT2D eigenvalue weighted by Crippen LogP contribution is 2.30. The third kappa shape index (κ3) is 4.09. The molecule has 0 atom stereocenters. The molecule has 6 heteroatoms. The molecule has 0 unspecified atom stereocenters. The summed E-state index contributed by atoms with van der Waals surface area (Å²) in [5.41, 5.74) is 1.91. The van der Waals surface area contributed by atoms with E-state index in [1.54, 1.807) is 23.7 Å². The van der Waals surface area contributed by atoms with Crippen molar-refractivity contribution in [3.63, 3.8) is 0 Å². The van der Waals surface area contributed by atoms with Gasteiger partial charge in [0.1, 0.15) is 0 Å². The molecule has 2 rings (SSSR count). The van der Waals surface area contributed by atoms with Crippen molar-refractivity contribution >= 4 is 27.9 Å². The third-order valence-corrected chi connectivity index (χ3v) is 4.29. The van der Waals surface area contributed by atoms with Crippen LogP contribution in [0.4, 0.5) is 10.8 Å². The summed E-state index contributed by atoms with van der Waals surface area (Å²) < 4.78 is 0. The Morgan fingerprint density at radius 2 is 2.10 bits per heavy atom. The van der Waals surface area contributed by atoms with Gasteiger partial charge in [-0.3, -0.25) is 9.78 Å². The van der Waals surface area contributed by atoms with Gasteiger partial charge in [0.2, 0.25) is 0 Å². The molecule has 0 radical (unpaired) electrons. The lowest BCUT2D eigenvalue weighted by Crippen LogP contribution is -2.22. The number of carbonyl (C=O) groups excluding carboxylic acids is 1. The van der Waals surface area contributed by atoms with E-state index in [0.29, 0.717) is 13.0 Å². The fourth-order valence-corrected chi connectivity index (χ4v) is 3.04. The Balaban J connectivity index is 2.14. The third-order valence-electron chi connectivity index (χ3n) is 3.05. The van der Waals surface area contributed by atoms with Crippen molar-refractivity contribution in [3.8, 4) is 0 Å². The minimum Gasteiger partial charge on any atom is -0.319 e. The number of aromatic nitrogens is 2. The summed E-state index contributed by atoms with van der Waals surface area (Å²) in [5, 5.41) is 0.883. The van der Waals surface area contributed by atoms with E-state index in [9.17, 15) is 4.79 Å². The van der Waals surface area contributed by atoms with Crippen LogP contribution in [-0.4, -0.2) is 48.3 Å². The number of hydrogen-bond donors (Lipinski definition) is 0. The number of nitrogens with zero attached hydrogens (tertiary/aromatic N) is 4. The maximum atomic E-state index is 11.9. The smallest absolute Gasteiger partial charge is 0.190 e. The van der Waals surface area contributed by atoms with Crippen LogP contribution in [0.25, 0.3) is 0 Å². The number of pyridine rings is 1. The summed E-state index contributed by atoms with van der Waals surface area (Å²) in [6, 6.07) is 3.88. The number of hydrogen-bond acceptors (Lipinski definition) is 6. The van der Waals surface area contributed by atoms with E-state index in [-0.39, 0.29) is 5.78 Å². The van der Waals surface area contributed by atoms with Crippen LogP contribution in [0.5, 0.6) is 0 Å². The number of carbonyl (C=O) groups is 1. The highest BCUT2D eigenvalue weighted by atomic mass is 32.1. The molecule has 0 amide bonds. The molecule has 2 aromatic heterocycles. The van der Waals surface area contributed by atoms with Gasteiger partial charge in [-0.05, 0) is 33.2 Å². The molecule has 5 nitrogen and oxygen atoms in total. The van der Waals surface area contributed by atoms with Gasteiger partial charge in [0, 0.05) is 24.5 Å². The second kappa shape index (κ2) is 6.78. The van der Waals surface area contributed by atoms with Crippen LogP contribution >= 0.6 is 11.3 Å². The summed E-state index contributed by atoms with van der Waals surface area (Å²) >= 11 is 1.57. The van der Waals surface area contributed by atoms with Crippen molar-refractivity contribution in [3.05, 3.63) is 35.1 Å². The number of rotatable bonds is 6. The van der Waals surface area contributed by atoms with Crippen molar-refractivity contribution in [2.24, 2.45) is 0 Å². The van der Waals surface area contributed by atoms with Crippen LogP contribution < -0.4 is 4.90 Å². The monoisotopic (exact) mass is 304 g/mol. The van der Waals surface area contributed by atoms with Crippen molar-refractivity contribution in [2.75, 3.05) is 32.6 Å². The Bertz CT molecular complexity index is 609. The number of Topliss-reactive ketones (excluding diaryl/α,β-unsaturated/α-hetero) is 1. The largest absolute Gasteiger partial charge is 0.319 e. The molecule has 21 heavy (non-hydrogen) atoms. The minimum atomic E-state index is 0.210. The molecule has 0 aromatic carbocycles. The Morgan fingerprint density at radius 1 is 1.33 bits per heavy atom. The average molecular weight is 304 g/mol. The zero-order valence-electron chi connectivity index (χ0n) is 12.8. The molecule has 0 bridgehead atoms. The maximum Gasteiger partial charge on any atom is 0.190 e. The van der Waals surface area contributed by atoms with Gasteiger partial charge in [0.15, 0.2) is 10.9 Å². The van der Waals surface area contributed by atoms with Crippen LogP contribution in [0.3, 0.4) is 0 Å². The van der Waals surface area contributed by atoms with Gasteiger partial charge in [-0.25, -0.2) is 4.98 Å². The van der Waals surface area contributed by atoms with Gasteiger partial charge in [-0.15, -0.1) is 11.3 Å². The molecule has 0 aliphatic rings. The Kier molecular flexibility index (Phi) is 5.03. The van der Waals surface area contributed by atoms with Crippen molar-refractivity contribution in [1.82, 2.24) is 14.9 Å². The average Bonchev–Trinajstić information content (AvgIpc) is 2.79. The Hall–Kier alpha value is -1.79. The van der Waals surface area contributed by atoms with E-state index in [1.165, 1.54) is 0 Å². The SMILES string of the molecule is Cc1nc(N(C)c2cccnc2)sc1CC(=O)CN(C)C. The first-order chi connectivity index (χ1) is 9.97. The van der Waals surface area contributed by atoms with Crippen molar-refractivity contribution in [2.45, 2.75) is 13.3 Å². The topological polar surface area (TPSA) is 49.3 Å². The molecule has 0 aliphatic heterocycles. The molecule has 0 N–H and O–H groups in total. The van der Waals surface area contributed by atoms with Crippen LogP contribution in [0.1, 0.15) is 10.6 Å². The summed E-state index contributed by atoms with van der Waals surface area (Å²) in [6.07, 6.45) is 3.99. The minimum absolute atomic E-state index is 0.210. The summed E-state index contributed by atoms with van der Waals surface area (Å²) in [7, 11) is 5.76. The summed E-state index contributed by atoms with van der Waals surface area (Å²) in [6.45, 7) is 2.42. The number of thiazole rings is 1. The molecule has 0 fully saturated rings. The van der Waals surface area contributed by atoms with E-state index >= 15 is 0 Å². The predicted octanol–water partition coefficient (Wildman–Crippen LogP) is 2.29. The molecule has 112 valence electrons. The van der Waals surface area contributed by atoms with Crippen LogP contribution in [0.2, 0.25) is 0 Å². The molecule has 2 aromatic rings. The van der Waals surface area contributed by atoms with Gasteiger partial charge in [-0.1, -0.05) is 0 Å². The Morgan fingerprint density at radius 3 is 2.71 bits per heavy atom. The van der Waals surface area contributed by atoms with Gasteiger partial charge in [-0.2, -0.15) is 0 Å². The van der Waals surface area contributed by atoms with Gasteiger partial charge >= 0.3 is 0 Å². The van der Waals surface area contributed by atoms with Crippen molar-refractivity contribution < 1.29 is 4.79 Å². The molecule has 0 aliphatic carbocycles. The van der Waals surface area contributed by atoms with Gasteiger partial charge in [0.05, 0.1) is 24.1 Å².